The van der Waals surface area contributed by atoms with Gasteiger partial charge in [0, 0.05) is 73.2 Å². The molecule has 9 nitrogen and oxygen atoms in total. The first-order valence-corrected chi connectivity index (χ1v) is 15.6. The highest BCUT2D eigenvalue weighted by atomic mass is 16.1. The number of amides is 1. The third kappa shape index (κ3) is 6.67. The molecule has 1 aromatic carbocycles. The Morgan fingerprint density at radius 2 is 1.77 bits per heavy atom. The minimum absolute atomic E-state index is 0.126. The highest BCUT2D eigenvalue weighted by Crippen LogP contribution is 2.30. The summed E-state index contributed by atoms with van der Waals surface area (Å²) in [5, 5.41) is 8.44. The molecule has 1 aliphatic heterocycles. The van der Waals surface area contributed by atoms with E-state index in [0.29, 0.717) is 17.2 Å². The van der Waals surface area contributed by atoms with Crippen LogP contribution in [0.5, 0.6) is 0 Å². The molecule has 0 aliphatic carbocycles. The number of hydrogen-bond donors (Lipinski definition) is 2. The molecule has 3 aromatic heterocycles. The molecule has 2 N–H and O–H groups in total. The molecular formula is C34H45N7O2. The first-order chi connectivity index (χ1) is 20.7. The van der Waals surface area contributed by atoms with Gasteiger partial charge >= 0.3 is 0 Å². The Hall–Kier alpha value is -3.98. The molecule has 0 unspecified atom stereocenters. The van der Waals surface area contributed by atoms with E-state index in [1.165, 1.54) is 0 Å². The van der Waals surface area contributed by atoms with Crippen molar-refractivity contribution in [3.05, 3.63) is 75.5 Å². The molecule has 4 heterocycles. The number of rotatable bonds is 10. The Kier molecular flexibility index (Phi) is 9.30. The molecule has 0 saturated carbocycles. The summed E-state index contributed by atoms with van der Waals surface area (Å²) in [4.78, 5) is 39.1. The standard InChI is InChI=1S/C34H45N7O2/c1-7-8-9-25-16-24(6)38-34(43)29(25)20-36-33(42)28-17-27(18-31-30(28)21-37-41(31)23(4)5)26-10-11-32(35-19-26)40-14-12-39(13-15-40)22(2)3/h10-11,16-19,21-23H,7-9,12-15,20H2,1-6H3,(H,36,42)(H,38,43). The number of H-pyrrole nitrogens is 1. The Balaban J connectivity index is 1.43. The average molecular weight is 584 g/mol. The monoisotopic (exact) mass is 583 g/mol. The number of pyridine rings is 2. The number of nitrogens with zero attached hydrogens (tertiary/aromatic N) is 5. The normalized spacial score (nSPS) is 14.3. The minimum Gasteiger partial charge on any atom is -0.354 e. The van der Waals surface area contributed by atoms with Crippen LogP contribution < -0.4 is 15.8 Å². The van der Waals surface area contributed by atoms with Crippen LogP contribution in [0.25, 0.3) is 22.0 Å². The number of anilines is 1. The number of fused-ring (bicyclic) bond motifs is 1. The van der Waals surface area contributed by atoms with Crippen LogP contribution in [0.1, 0.15) is 80.7 Å². The first kappa shape index (κ1) is 30.5. The number of aromatic nitrogens is 4. The molecule has 0 atom stereocenters. The van der Waals surface area contributed by atoms with Crippen molar-refractivity contribution in [2.45, 2.75) is 79.4 Å². The molecule has 1 saturated heterocycles. The largest absolute Gasteiger partial charge is 0.354 e. The fourth-order valence-electron chi connectivity index (χ4n) is 5.96. The van der Waals surface area contributed by atoms with Crippen LogP contribution in [-0.4, -0.2) is 62.8 Å². The van der Waals surface area contributed by atoms with Gasteiger partial charge < -0.3 is 15.2 Å². The van der Waals surface area contributed by atoms with Gasteiger partial charge in [-0.05, 0) is 88.9 Å². The molecule has 4 aromatic rings. The molecule has 43 heavy (non-hydrogen) atoms. The predicted molar refractivity (Wildman–Crippen MR) is 174 cm³/mol. The topological polar surface area (TPSA) is 99.2 Å². The lowest BCUT2D eigenvalue weighted by Gasteiger charge is -2.37. The van der Waals surface area contributed by atoms with E-state index in [0.717, 1.165) is 84.5 Å². The van der Waals surface area contributed by atoms with Crippen molar-refractivity contribution in [1.82, 2.24) is 30.0 Å². The maximum absolute atomic E-state index is 13.7. The zero-order chi connectivity index (χ0) is 30.7. The van der Waals surface area contributed by atoms with Gasteiger partial charge in [0.25, 0.3) is 11.5 Å². The van der Waals surface area contributed by atoms with Crippen molar-refractivity contribution >= 4 is 22.6 Å². The third-order valence-electron chi connectivity index (χ3n) is 8.49. The molecule has 1 amide bonds. The number of benzene rings is 1. The number of piperazine rings is 1. The van der Waals surface area contributed by atoms with Crippen LogP contribution in [0.2, 0.25) is 0 Å². The number of carbonyl (C=O) groups is 1. The van der Waals surface area contributed by atoms with Gasteiger partial charge in [0.05, 0.1) is 17.3 Å². The van der Waals surface area contributed by atoms with Crippen molar-refractivity contribution in [3.8, 4) is 11.1 Å². The van der Waals surface area contributed by atoms with Gasteiger partial charge in [-0.15, -0.1) is 0 Å². The van der Waals surface area contributed by atoms with Crippen LogP contribution in [0.3, 0.4) is 0 Å². The Labute approximate surface area is 254 Å². The van der Waals surface area contributed by atoms with Crippen LogP contribution in [0.4, 0.5) is 5.82 Å². The molecule has 0 bridgehead atoms. The quantitative estimate of drug-likeness (QED) is 0.257. The van der Waals surface area contributed by atoms with Gasteiger partial charge in [-0.2, -0.15) is 5.10 Å². The van der Waals surface area contributed by atoms with Gasteiger partial charge in [-0.3, -0.25) is 19.2 Å². The van der Waals surface area contributed by atoms with E-state index < -0.39 is 0 Å². The van der Waals surface area contributed by atoms with E-state index in [1.807, 2.05) is 29.9 Å². The molecule has 228 valence electrons. The van der Waals surface area contributed by atoms with E-state index in [9.17, 15) is 9.59 Å². The number of hydrogen-bond acceptors (Lipinski definition) is 6. The fourth-order valence-corrected chi connectivity index (χ4v) is 5.96. The first-order valence-electron chi connectivity index (χ1n) is 15.6. The summed E-state index contributed by atoms with van der Waals surface area (Å²) in [7, 11) is 0. The molecule has 9 heteroatoms. The number of nitrogens with one attached hydrogen (secondary N) is 2. The Morgan fingerprint density at radius 1 is 1.00 bits per heavy atom. The van der Waals surface area contributed by atoms with Crippen LogP contribution >= 0.6 is 0 Å². The SMILES string of the molecule is CCCCc1cc(C)[nH]c(=O)c1CNC(=O)c1cc(-c2ccc(N3CCN(C(C)C)CC3)nc2)cc2c1cnn2C(C)C. The fraction of sp³-hybridized carbons (Fsp3) is 0.471. The summed E-state index contributed by atoms with van der Waals surface area (Å²) in [6.07, 6.45) is 6.49. The van der Waals surface area contributed by atoms with Gasteiger partial charge in [0.1, 0.15) is 5.82 Å². The second kappa shape index (κ2) is 13.1. The summed E-state index contributed by atoms with van der Waals surface area (Å²) < 4.78 is 1.94. The third-order valence-corrected chi connectivity index (χ3v) is 8.49. The van der Waals surface area contributed by atoms with Gasteiger partial charge in [0.15, 0.2) is 0 Å². The van der Waals surface area contributed by atoms with Gasteiger partial charge in [-0.25, -0.2) is 4.98 Å². The van der Waals surface area contributed by atoms with E-state index >= 15 is 0 Å². The van der Waals surface area contributed by atoms with Crippen LogP contribution in [0, 0.1) is 6.92 Å². The predicted octanol–water partition coefficient (Wildman–Crippen LogP) is 5.48. The highest BCUT2D eigenvalue weighted by Gasteiger charge is 2.21. The summed E-state index contributed by atoms with van der Waals surface area (Å²) in [5.41, 5.74) is 5.57. The van der Waals surface area contributed by atoms with Crippen molar-refractivity contribution in [2.75, 3.05) is 31.1 Å². The molecule has 1 fully saturated rings. The second-order valence-electron chi connectivity index (χ2n) is 12.2. The van der Waals surface area contributed by atoms with Gasteiger partial charge in [0.2, 0.25) is 0 Å². The number of aromatic amines is 1. The zero-order valence-corrected chi connectivity index (χ0v) is 26.4. The molecule has 1 aliphatic rings. The Bertz CT molecular complexity index is 1630. The molecule has 0 spiro atoms. The maximum Gasteiger partial charge on any atom is 0.253 e. The summed E-state index contributed by atoms with van der Waals surface area (Å²) >= 11 is 0. The number of unbranched alkanes of at least 4 members (excludes halogenated alkanes) is 1. The van der Waals surface area contributed by atoms with Crippen molar-refractivity contribution in [3.63, 3.8) is 0 Å². The van der Waals surface area contributed by atoms with Crippen molar-refractivity contribution < 1.29 is 4.79 Å². The zero-order valence-electron chi connectivity index (χ0n) is 26.4. The highest BCUT2D eigenvalue weighted by molar-refractivity contribution is 6.08. The average Bonchev–Trinajstić information content (AvgIpc) is 3.43. The van der Waals surface area contributed by atoms with Crippen molar-refractivity contribution in [1.29, 1.82) is 0 Å². The molecule has 5 rings (SSSR count). The maximum atomic E-state index is 13.7. The summed E-state index contributed by atoms with van der Waals surface area (Å²) in [6, 6.07) is 10.9. The van der Waals surface area contributed by atoms with Crippen LogP contribution in [-0.2, 0) is 13.0 Å². The minimum atomic E-state index is -0.232. The lowest BCUT2D eigenvalue weighted by Crippen LogP contribution is -2.49. The second-order valence-corrected chi connectivity index (χ2v) is 12.2. The molecule has 0 radical (unpaired) electrons. The summed E-state index contributed by atoms with van der Waals surface area (Å²) in [5.74, 6) is 0.741. The summed E-state index contributed by atoms with van der Waals surface area (Å²) in [6.45, 7) is 16.8. The Morgan fingerprint density at radius 3 is 2.42 bits per heavy atom. The van der Waals surface area contributed by atoms with E-state index in [4.69, 9.17) is 4.98 Å². The van der Waals surface area contributed by atoms with E-state index in [-0.39, 0.29) is 24.1 Å². The smallest absolute Gasteiger partial charge is 0.253 e. The van der Waals surface area contributed by atoms with E-state index in [1.54, 1.807) is 6.20 Å². The van der Waals surface area contributed by atoms with E-state index in [2.05, 4.69) is 78.0 Å². The van der Waals surface area contributed by atoms with Crippen LogP contribution in [0.15, 0.2) is 47.5 Å². The lowest BCUT2D eigenvalue weighted by molar-refractivity contribution is 0.0952. The lowest BCUT2D eigenvalue weighted by atomic mass is 10.00. The molecular weight excluding hydrogens is 538 g/mol. The van der Waals surface area contributed by atoms with Gasteiger partial charge in [-0.1, -0.05) is 13.3 Å². The number of aryl methyl sites for hydroxylation is 2. The number of carbonyl (C=O) groups excluding carboxylic acids is 1. The van der Waals surface area contributed by atoms with Crippen molar-refractivity contribution in [2.24, 2.45) is 0 Å².